The van der Waals surface area contributed by atoms with Crippen LogP contribution in [0.2, 0.25) is 0 Å². The number of alkyl halides is 1. The Kier molecular flexibility index (Phi) is 6.00. The van der Waals surface area contributed by atoms with E-state index in [2.05, 4.69) is 32.8 Å². The highest BCUT2D eigenvalue weighted by Gasteiger charge is 2.12. The zero-order valence-electron chi connectivity index (χ0n) is 8.64. The van der Waals surface area contributed by atoms with Crippen LogP contribution in [-0.2, 0) is 0 Å². The highest BCUT2D eigenvalue weighted by molar-refractivity contribution is 9.09. The van der Waals surface area contributed by atoms with E-state index >= 15 is 0 Å². The number of likely N-dealkylation sites (N-methyl/N-ethyl adjacent to an activating group) is 1. The molecule has 0 N–H and O–H groups in total. The smallest absolute Gasteiger partial charge is 0.0110 e. The van der Waals surface area contributed by atoms with Crippen LogP contribution in [0, 0.1) is 0 Å². The maximum Gasteiger partial charge on any atom is 0.0110 e. The van der Waals surface area contributed by atoms with Crippen LogP contribution in [0.15, 0.2) is 0 Å². The second-order valence-corrected chi connectivity index (χ2v) is 4.69. The molecule has 0 amide bonds. The van der Waals surface area contributed by atoms with Crippen LogP contribution in [0.3, 0.4) is 0 Å². The van der Waals surface area contributed by atoms with E-state index in [4.69, 9.17) is 0 Å². The minimum absolute atomic E-state index is 1.16. The van der Waals surface area contributed by atoms with Crippen molar-refractivity contribution in [2.75, 3.05) is 45.1 Å². The topological polar surface area (TPSA) is 6.48 Å². The number of unbranched alkanes of at least 4 members (excludes halogenated alkanes) is 2. The Labute approximate surface area is 90.4 Å². The standard InChI is InChI=1S/C10H21BrN2/c1-12-7-9-13(10-8-12)6-4-2-3-5-11/h2-10H2,1H3. The first-order valence-corrected chi connectivity index (χ1v) is 6.42. The molecule has 0 aromatic carbocycles. The average molecular weight is 249 g/mol. The zero-order chi connectivity index (χ0) is 9.52. The van der Waals surface area contributed by atoms with Crippen molar-refractivity contribution in [1.82, 2.24) is 9.80 Å². The first-order chi connectivity index (χ1) is 6.33. The van der Waals surface area contributed by atoms with Gasteiger partial charge < -0.3 is 9.80 Å². The highest BCUT2D eigenvalue weighted by Crippen LogP contribution is 2.04. The highest BCUT2D eigenvalue weighted by atomic mass is 79.9. The minimum Gasteiger partial charge on any atom is -0.304 e. The van der Waals surface area contributed by atoms with Crippen molar-refractivity contribution in [2.45, 2.75) is 19.3 Å². The monoisotopic (exact) mass is 248 g/mol. The molecule has 13 heavy (non-hydrogen) atoms. The molecule has 1 fully saturated rings. The van der Waals surface area contributed by atoms with E-state index in [9.17, 15) is 0 Å². The Morgan fingerprint density at radius 3 is 2.31 bits per heavy atom. The minimum atomic E-state index is 1.16. The van der Waals surface area contributed by atoms with Gasteiger partial charge in [-0.25, -0.2) is 0 Å². The van der Waals surface area contributed by atoms with Crippen LogP contribution in [0.5, 0.6) is 0 Å². The molecule has 0 bridgehead atoms. The van der Waals surface area contributed by atoms with E-state index in [0.29, 0.717) is 0 Å². The SMILES string of the molecule is CN1CCN(CCCCCBr)CC1. The molecule has 1 saturated heterocycles. The summed E-state index contributed by atoms with van der Waals surface area (Å²) in [5.41, 5.74) is 0. The van der Waals surface area contributed by atoms with E-state index in [0.717, 1.165) is 5.33 Å². The molecule has 0 radical (unpaired) electrons. The molecule has 0 aliphatic carbocycles. The van der Waals surface area contributed by atoms with Gasteiger partial charge in [0.05, 0.1) is 0 Å². The van der Waals surface area contributed by atoms with E-state index in [-0.39, 0.29) is 0 Å². The summed E-state index contributed by atoms with van der Waals surface area (Å²) in [4.78, 5) is 5.00. The van der Waals surface area contributed by atoms with Crippen molar-refractivity contribution < 1.29 is 0 Å². The van der Waals surface area contributed by atoms with Crippen LogP contribution >= 0.6 is 15.9 Å². The Morgan fingerprint density at radius 2 is 1.69 bits per heavy atom. The molecule has 1 aliphatic rings. The summed E-state index contributed by atoms with van der Waals surface area (Å²) in [7, 11) is 2.21. The summed E-state index contributed by atoms with van der Waals surface area (Å²) < 4.78 is 0. The van der Waals surface area contributed by atoms with Crippen LogP contribution in [-0.4, -0.2) is 54.9 Å². The predicted octanol–water partition coefficient (Wildman–Crippen LogP) is 1.80. The predicted molar refractivity (Wildman–Crippen MR) is 61.6 cm³/mol. The molecule has 1 aliphatic heterocycles. The van der Waals surface area contributed by atoms with Gasteiger partial charge in [0, 0.05) is 31.5 Å². The van der Waals surface area contributed by atoms with Gasteiger partial charge in [-0.1, -0.05) is 22.4 Å². The lowest BCUT2D eigenvalue weighted by Gasteiger charge is -2.32. The maximum atomic E-state index is 3.46. The van der Waals surface area contributed by atoms with Crippen molar-refractivity contribution in [2.24, 2.45) is 0 Å². The normalized spacial score (nSPS) is 20.8. The van der Waals surface area contributed by atoms with Crippen LogP contribution in [0.4, 0.5) is 0 Å². The van der Waals surface area contributed by atoms with Crippen molar-refractivity contribution >= 4 is 15.9 Å². The summed E-state index contributed by atoms with van der Waals surface area (Å²) in [6, 6.07) is 0. The summed E-state index contributed by atoms with van der Waals surface area (Å²) in [6.07, 6.45) is 4.07. The summed E-state index contributed by atoms with van der Waals surface area (Å²) in [5, 5.41) is 1.16. The molecule has 0 aromatic rings. The molecule has 78 valence electrons. The fourth-order valence-corrected chi connectivity index (χ4v) is 2.07. The molecule has 0 aromatic heterocycles. The molecule has 0 spiro atoms. The molecule has 0 saturated carbocycles. The number of rotatable bonds is 5. The molecule has 2 nitrogen and oxygen atoms in total. The first-order valence-electron chi connectivity index (χ1n) is 5.30. The van der Waals surface area contributed by atoms with Crippen LogP contribution < -0.4 is 0 Å². The Hall–Kier alpha value is 0.400. The van der Waals surface area contributed by atoms with Gasteiger partial charge in [0.15, 0.2) is 0 Å². The summed E-state index contributed by atoms with van der Waals surface area (Å²) >= 11 is 3.46. The Morgan fingerprint density at radius 1 is 1.00 bits per heavy atom. The van der Waals surface area contributed by atoms with Gasteiger partial charge in [-0.05, 0) is 26.4 Å². The maximum absolute atomic E-state index is 3.46. The zero-order valence-corrected chi connectivity index (χ0v) is 10.2. The first kappa shape index (κ1) is 11.5. The number of halogens is 1. The fourth-order valence-electron chi connectivity index (χ4n) is 1.68. The van der Waals surface area contributed by atoms with Crippen molar-refractivity contribution in [3.05, 3.63) is 0 Å². The molecule has 0 atom stereocenters. The Bertz CT molecular complexity index is 122. The van der Waals surface area contributed by atoms with Crippen molar-refractivity contribution in [3.63, 3.8) is 0 Å². The molecular formula is C10H21BrN2. The fraction of sp³-hybridized carbons (Fsp3) is 1.00. The summed E-state index contributed by atoms with van der Waals surface area (Å²) in [5.74, 6) is 0. The lowest BCUT2D eigenvalue weighted by molar-refractivity contribution is 0.152. The Balaban J connectivity index is 1.96. The third kappa shape index (κ3) is 4.99. The van der Waals surface area contributed by atoms with Crippen molar-refractivity contribution in [3.8, 4) is 0 Å². The molecule has 3 heteroatoms. The van der Waals surface area contributed by atoms with Gasteiger partial charge in [-0.2, -0.15) is 0 Å². The third-order valence-electron chi connectivity index (χ3n) is 2.70. The van der Waals surface area contributed by atoms with E-state index in [1.807, 2.05) is 0 Å². The number of piperazine rings is 1. The second-order valence-electron chi connectivity index (χ2n) is 3.89. The average Bonchev–Trinajstić information content (AvgIpc) is 2.15. The number of nitrogens with zero attached hydrogens (tertiary/aromatic N) is 2. The summed E-state index contributed by atoms with van der Waals surface area (Å²) in [6.45, 7) is 6.34. The molecule has 1 heterocycles. The van der Waals surface area contributed by atoms with E-state index < -0.39 is 0 Å². The van der Waals surface area contributed by atoms with Gasteiger partial charge in [0.25, 0.3) is 0 Å². The van der Waals surface area contributed by atoms with Gasteiger partial charge in [-0.15, -0.1) is 0 Å². The third-order valence-corrected chi connectivity index (χ3v) is 3.26. The van der Waals surface area contributed by atoms with Gasteiger partial charge in [0.1, 0.15) is 0 Å². The lowest BCUT2D eigenvalue weighted by atomic mass is 10.2. The van der Waals surface area contributed by atoms with Crippen LogP contribution in [0.1, 0.15) is 19.3 Å². The van der Waals surface area contributed by atoms with Crippen molar-refractivity contribution in [1.29, 1.82) is 0 Å². The molecule has 1 rings (SSSR count). The van der Waals surface area contributed by atoms with Crippen LogP contribution in [0.25, 0.3) is 0 Å². The van der Waals surface area contributed by atoms with Gasteiger partial charge in [0.2, 0.25) is 0 Å². The van der Waals surface area contributed by atoms with E-state index in [1.54, 1.807) is 0 Å². The lowest BCUT2D eigenvalue weighted by Crippen LogP contribution is -2.44. The van der Waals surface area contributed by atoms with Gasteiger partial charge >= 0.3 is 0 Å². The van der Waals surface area contributed by atoms with Gasteiger partial charge in [-0.3, -0.25) is 0 Å². The number of hydrogen-bond acceptors (Lipinski definition) is 2. The largest absolute Gasteiger partial charge is 0.304 e. The quantitative estimate of drug-likeness (QED) is 0.541. The molecule has 0 unspecified atom stereocenters. The molecular weight excluding hydrogens is 228 g/mol. The number of hydrogen-bond donors (Lipinski definition) is 0. The van der Waals surface area contributed by atoms with E-state index in [1.165, 1.54) is 52.0 Å². The second kappa shape index (κ2) is 6.80.